The zero-order valence-corrected chi connectivity index (χ0v) is 11.9. The number of benzene rings is 1. The maximum atomic E-state index is 12.2. The molecule has 0 atom stereocenters. The van der Waals surface area contributed by atoms with E-state index in [0.29, 0.717) is 12.5 Å². The second-order valence-electron chi connectivity index (χ2n) is 5.72. The molecule has 0 spiro atoms. The first-order chi connectivity index (χ1) is 9.33. The molecule has 0 bridgehead atoms. The molecule has 2 rings (SSSR count). The summed E-state index contributed by atoms with van der Waals surface area (Å²) >= 11 is 0. The Labute approximate surface area is 116 Å². The summed E-state index contributed by atoms with van der Waals surface area (Å²) in [7, 11) is 1.73. The van der Waals surface area contributed by atoms with Gasteiger partial charge in [0.15, 0.2) is 0 Å². The summed E-state index contributed by atoms with van der Waals surface area (Å²) in [6.07, 6.45) is 6.90. The van der Waals surface area contributed by atoms with Crippen LogP contribution in [-0.4, -0.2) is 13.8 Å². The van der Waals surface area contributed by atoms with Crippen molar-refractivity contribution in [3.05, 3.63) is 35.4 Å². The van der Waals surface area contributed by atoms with E-state index in [1.165, 1.54) is 36.8 Å². The Kier molecular flexibility index (Phi) is 5.84. The summed E-state index contributed by atoms with van der Waals surface area (Å²) in [5, 5.41) is 0. The molecule has 0 heterocycles. The average molecular weight is 264 g/mol. The lowest BCUT2D eigenvalue weighted by molar-refractivity contribution is 0.185. The van der Waals surface area contributed by atoms with E-state index < -0.39 is 0 Å². The molecule has 0 radical (unpaired) electrons. The molecule has 1 fully saturated rings. The van der Waals surface area contributed by atoms with Gasteiger partial charge in [-0.05, 0) is 61.5 Å². The predicted molar refractivity (Wildman–Crippen MR) is 77.1 cm³/mol. The summed E-state index contributed by atoms with van der Waals surface area (Å²) in [5.41, 5.74) is 2.70. The largest absolute Gasteiger partial charge is 0.380 e. The second kappa shape index (κ2) is 7.64. The molecule has 0 unspecified atom stereocenters. The Morgan fingerprint density at radius 3 is 2.37 bits per heavy atom. The standard InChI is InChI=1S/C17H25FO/c1-19-13-15-6-10-17(11-7-15)16-8-4-14(5-9-16)3-2-12-18/h6-7,10-11,14,16H,2-5,8-9,12-13H2,1H3. The van der Waals surface area contributed by atoms with Crippen LogP contribution in [0, 0.1) is 5.92 Å². The van der Waals surface area contributed by atoms with E-state index in [4.69, 9.17) is 4.74 Å². The van der Waals surface area contributed by atoms with Crippen LogP contribution in [-0.2, 0) is 11.3 Å². The van der Waals surface area contributed by atoms with Crippen molar-refractivity contribution in [2.75, 3.05) is 13.8 Å². The zero-order valence-electron chi connectivity index (χ0n) is 11.9. The monoisotopic (exact) mass is 264 g/mol. The van der Waals surface area contributed by atoms with Gasteiger partial charge in [0.25, 0.3) is 0 Å². The molecule has 1 aromatic carbocycles. The highest BCUT2D eigenvalue weighted by molar-refractivity contribution is 5.25. The lowest BCUT2D eigenvalue weighted by Crippen LogP contribution is -2.13. The maximum Gasteiger partial charge on any atom is 0.0894 e. The van der Waals surface area contributed by atoms with Crippen LogP contribution in [0.4, 0.5) is 4.39 Å². The predicted octanol–water partition coefficient (Wildman–Crippen LogP) is 4.86. The molecule has 106 valence electrons. The third kappa shape index (κ3) is 4.31. The van der Waals surface area contributed by atoms with Crippen LogP contribution in [0.1, 0.15) is 55.6 Å². The van der Waals surface area contributed by atoms with Crippen LogP contribution in [0.3, 0.4) is 0 Å². The van der Waals surface area contributed by atoms with Crippen molar-refractivity contribution < 1.29 is 9.13 Å². The summed E-state index contributed by atoms with van der Waals surface area (Å²) in [6.45, 7) is 0.539. The highest BCUT2D eigenvalue weighted by Gasteiger charge is 2.21. The second-order valence-corrected chi connectivity index (χ2v) is 5.72. The first-order valence-corrected chi connectivity index (χ1v) is 7.47. The van der Waals surface area contributed by atoms with Gasteiger partial charge in [0.2, 0.25) is 0 Å². The molecule has 0 amide bonds. The van der Waals surface area contributed by atoms with Gasteiger partial charge in [-0.1, -0.05) is 24.3 Å². The minimum atomic E-state index is -0.152. The van der Waals surface area contributed by atoms with Crippen LogP contribution in [0.25, 0.3) is 0 Å². The Morgan fingerprint density at radius 1 is 1.11 bits per heavy atom. The molecule has 1 aliphatic carbocycles. The average Bonchev–Trinajstić information content (AvgIpc) is 2.47. The van der Waals surface area contributed by atoms with Crippen molar-refractivity contribution in [3.63, 3.8) is 0 Å². The molecule has 0 aromatic heterocycles. The molecule has 1 nitrogen and oxygen atoms in total. The Morgan fingerprint density at radius 2 is 1.79 bits per heavy atom. The molecule has 2 heteroatoms. The number of rotatable bonds is 6. The van der Waals surface area contributed by atoms with Crippen LogP contribution in [0.15, 0.2) is 24.3 Å². The normalized spacial score (nSPS) is 23.5. The van der Waals surface area contributed by atoms with Crippen molar-refractivity contribution in [1.29, 1.82) is 0 Å². The Bertz CT molecular complexity index is 352. The van der Waals surface area contributed by atoms with Gasteiger partial charge in [-0.15, -0.1) is 0 Å². The van der Waals surface area contributed by atoms with Crippen LogP contribution in [0.5, 0.6) is 0 Å². The SMILES string of the molecule is COCc1ccc(C2CCC(CCCF)CC2)cc1. The van der Waals surface area contributed by atoms with Gasteiger partial charge in [0.05, 0.1) is 13.3 Å². The van der Waals surface area contributed by atoms with Gasteiger partial charge in [-0.2, -0.15) is 0 Å². The first kappa shape index (κ1) is 14.5. The lowest BCUT2D eigenvalue weighted by atomic mass is 9.77. The van der Waals surface area contributed by atoms with E-state index >= 15 is 0 Å². The molecular weight excluding hydrogens is 239 g/mol. The fourth-order valence-electron chi connectivity index (χ4n) is 3.20. The van der Waals surface area contributed by atoms with Crippen molar-refractivity contribution in [3.8, 4) is 0 Å². The smallest absolute Gasteiger partial charge is 0.0894 e. The zero-order chi connectivity index (χ0) is 13.5. The number of methoxy groups -OCH3 is 1. The third-order valence-electron chi connectivity index (χ3n) is 4.35. The van der Waals surface area contributed by atoms with E-state index in [1.54, 1.807) is 7.11 Å². The van der Waals surface area contributed by atoms with E-state index in [2.05, 4.69) is 24.3 Å². The fraction of sp³-hybridized carbons (Fsp3) is 0.647. The maximum absolute atomic E-state index is 12.2. The summed E-state index contributed by atoms with van der Waals surface area (Å²) in [4.78, 5) is 0. The van der Waals surface area contributed by atoms with Gasteiger partial charge >= 0.3 is 0 Å². The van der Waals surface area contributed by atoms with Crippen molar-refractivity contribution in [1.82, 2.24) is 0 Å². The minimum absolute atomic E-state index is 0.152. The van der Waals surface area contributed by atoms with Crippen LogP contribution < -0.4 is 0 Å². The van der Waals surface area contributed by atoms with Crippen LogP contribution in [0.2, 0.25) is 0 Å². The van der Waals surface area contributed by atoms with E-state index in [0.717, 1.165) is 18.8 Å². The van der Waals surface area contributed by atoms with Crippen molar-refractivity contribution in [2.24, 2.45) is 5.92 Å². The quantitative estimate of drug-likeness (QED) is 0.713. The molecular formula is C17H25FO. The number of alkyl halides is 1. The van der Waals surface area contributed by atoms with Crippen molar-refractivity contribution in [2.45, 2.75) is 51.0 Å². The van der Waals surface area contributed by atoms with Crippen LogP contribution >= 0.6 is 0 Å². The number of halogens is 1. The van der Waals surface area contributed by atoms with Gasteiger partial charge in [-0.3, -0.25) is 4.39 Å². The molecule has 1 aliphatic rings. The summed E-state index contributed by atoms with van der Waals surface area (Å²) in [5.74, 6) is 1.47. The van der Waals surface area contributed by atoms with Crippen molar-refractivity contribution >= 4 is 0 Å². The van der Waals surface area contributed by atoms with E-state index in [9.17, 15) is 4.39 Å². The summed E-state index contributed by atoms with van der Waals surface area (Å²) < 4.78 is 17.3. The molecule has 1 saturated carbocycles. The number of hydrogen-bond acceptors (Lipinski definition) is 1. The highest BCUT2D eigenvalue weighted by atomic mass is 19.1. The third-order valence-corrected chi connectivity index (χ3v) is 4.35. The number of ether oxygens (including phenoxy) is 1. The summed E-state index contributed by atoms with van der Waals surface area (Å²) in [6, 6.07) is 8.85. The van der Waals surface area contributed by atoms with Gasteiger partial charge in [0.1, 0.15) is 0 Å². The van der Waals surface area contributed by atoms with Gasteiger partial charge < -0.3 is 4.74 Å². The van der Waals surface area contributed by atoms with Gasteiger partial charge in [0, 0.05) is 7.11 Å². The molecule has 19 heavy (non-hydrogen) atoms. The number of hydrogen-bond donors (Lipinski definition) is 0. The Hall–Kier alpha value is -0.890. The van der Waals surface area contributed by atoms with Gasteiger partial charge in [-0.25, -0.2) is 0 Å². The molecule has 0 saturated heterocycles. The highest BCUT2D eigenvalue weighted by Crippen LogP contribution is 2.37. The van der Waals surface area contributed by atoms with E-state index in [1.807, 2.05) is 0 Å². The molecule has 0 aliphatic heterocycles. The van der Waals surface area contributed by atoms with E-state index in [-0.39, 0.29) is 6.67 Å². The first-order valence-electron chi connectivity index (χ1n) is 7.47. The molecule has 1 aromatic rings. The Balaban J connectivity index is 1.83. The lowest BCUT2D eigenvalue weighted by Gasteiger charge is -2.28. The topological polar surface area (TPSA) is 9.23 Å². The fourth-order valence-corrected chi connectivity index (χ4v) is 3.20. The minimum Gasteiger partial charge on any atom is -0.380 e. The molecule has 0 N–H and O–H groups in total.